The highest BCUT2D eigenvalue weighted by Crippen LogP contribution is 2.53. The molecule has 0 spiro atoms. The van der Waals surface area contributed by atoms with Crippen LogP contribution in [0.1, 0.15) is 29.5 Å². The first-order valence-corrected chi connectivity index (χ1v) is 9.08. The average molecular weight is 382 g/mol. The summed E-state index contributed by atoms with van der Waals surface area (Å²) in [5.41, 5.74) is 2.85. The molecule has 1 heterocycles. The van der Waals surface area contributed by atoms with E-state index in [-0.39, 0.29) is 29.3 Å². The molecule has 3 atom stereocenters. The zero-order valence-corrected chi connectivity index (χ0v) is 16.0. The molecule has 2 aromatic rings. The summed E-state index contributed by atoms with van der Waals surface area (Å²) >= 11 is 0. The van der Waals surface area contributed by atoms with E-state index in [9.17, 15) is 10.1 Å². The van der Waals surface area contributed by atoms with Crippen molar-refractivity contribution in [1.29, 1.82) is 0 Å². The Balaban J connectivity index is 1.82. The molecule has 0 aromatic heterocycles. The summed E-state index contributed by atoms with van der Waals surface area (Å²) in [4.78, 5) is 11.1. The van der Waals surface area contributed by atoms with Crippen LogP contribution in [0.2, 0.25) is 0 Å². The molecule has 0 amide bonds. The lowest BCUT2D eigenvalue weighted by Gasteiger charge is -2.38. The van der Waals surface area contributed by atoms with Crippen molar-refractivity contribution in [2.75, 3.05) is 26.6 Å². The molecule has 2 aliphatic rings. The second-order valence-corrected chi connectivity index (χ2v) is 6.96. The fraction of sp³-hybridized carbons (Fsp3) is 0.333. The summed E-state index contributed by atoms with van der Waals surface area (Å²) in [6.07, 6.45) is 5.26. The number of nitro groups is 1. The van der Waals surface area contributed by atoms with Crippen molar-refractivity contribution < 1.29 is 19.1 Å². The highest BCUT2D eigenvalue weighted by atomic mass is 16.6. The first-order chi connectivity index (χ1) is 13.6. The van der Waals surface area contributed by atoms with Gasteiger partial charge in [-0.3, -0.25) is 10.1 Å². The molecular formula is C21H22N2O5. The van der Waals surface area contributed by atoms with E-state index in [1.165, 1.54) is 7.11 Å². The first kappa shape index (κ1) is 18.2. The summed E-state index contributed by atoms with van der Waals surface area (Å²) in [5, 5.41) is 15.0. The van der Waals surface area contributed by atoms with Crippen molar-refractivity contribution in [2.24, 2.45) is 5.92 Å². The number of hydrogen-bond acceptors (Lipinski definition) is 6. The van der Waals surface area contributed by atoms with Gasteiger partial charge in [0.05, 0.1) is 38.0 Å². The van der Waals surface area contributed by atoms with E-state index in [2.05, 4.69) is 17.5 Å². The maximum absolute atomic E-state index is 11.5. The van der Waals surface area contributed by atoms with Crippen molar-refractivity contribution in [3.8, 4) is 17.2 Å². The molecule has 28 heavy (non-hydrogen) atoms. The quantitative estimate of drug-likeness (QED) is 0.467. The topological polar surface area (TPSA) is 82.9 Å². The van der Waals surface area contributed by atoms with Crippen molar-refractivity contribution in [1.82, 2.24) is 0 Å². The molecule has 1 aliphatic carbocycles. The molecule has 0 radical (unpaired) electrons. The number of fused-ring (bicyclic) bond motifs is 3. The maximum Gasteiger partial charge on any atom is 0.311 e. The van der Waals surface area contributed by atoms with Gasteiger partial charge in [-0.25, -0.2) is 0 Å². The predicted octanol–water partition coefficient (Wildman–Crippen LogP) is 4.45. The number of benzene rings is 2. The number of nitrogens with zero attached hydrogens (tertiary/aromatic N) is 1. The summed E-state index contributed by atoms with van der Waals surface area (Å²) in [7, 11) is 4.70. The van der Waals surface area contributed by atoms with Crippen LogP contribution in [-0.2, 0) is 0 Å². The Bertz CT molecular complexity index is 956. The fourth-order valence-electron chi connectivity index (χ4n) is 4.29. The molecular weight excluding hydrogens is 360 g/mol. The Morgan fingerprint density at radius 2 is 1.86 bits per heavy atom. The minimum atomic E-state index is -0.408. The van der Waals surface area contributed by atoms with E-state index in [1.807, 2.05) is 18.2 Å². The van der Waals surface area contributed by atoms with Crippen molar-refractivity contribution in [3.05, 3.63) is 63.7 Å². The van der Waals surface area contributed by atoms with Gasteiger partial charge in [0.1, 0.15) is 11.5 Å². The van der Waals surface area contributed by atoms with Crippen molar-refractivity contribution >= 4 is 11.4 Å². The van der Waals surface area contributed by atoms with Gasteiger partial charge in [0.25, 0.3) is 0 Å². The highest BCUT2D eigenvalue weighted by molar-refractivity contribution is 5.70. The minimum absolute atomic E-state index is 0.0307. The number of methoxy groups -OCH3 is 3. The van der Waals surface area contributed by atoms with Gasteiger partial charge in [0, 0.05) is 18.1 Å². The van der Waals surface area contributed by atoms with Crippen LogP contribution >= 0.6 is 0 Å². The number of allylic oxidation sites excluding steroid dienone is 2. The van der Waals surface area contributed by atoms with Gasteiger partial charge in [-0.2, -0.15) is 0 Å². The molecule has 0 unspecified atom stereocenters. The zero-order valence-electron chi connectivity index (χ0n) is 16.0. The summed E-state index contributed by atoms with van der Waals surface area (Å²) in [6.45, 7) is 0. The van der Waals surface area contributed by atoms with Gasteiger partial charge >= 0.3 is 5.69 Å². The van der Waals surface area contributed by atoms with Crippen LogP contribution in [0.15, 0.2) is 42.5 Å². The number of anilines is 1. The number of rotatable bonds is 5. The third-order valence-corrected chi connectivity index (χ3v) is 5.62. The third-order valence-electron chi connectivity index (χ3n) is 5.62. The van der Waals surface area contributed by atoms with E-state index in [4.69, 9.17) is 14.2 Å². The Kier molecular flexibility index (Phi) is 4.58. The SMILES string of the molecule is COc1cc(OC)c2c(c1)[C@H]1C=CC[C@H]1[C@H](c1ccc(OC)c([N+](=O)[O-])c1)N2. The van der Waals surface area contributed by atoms with Gasteiger partial charge in [-0.05, 0) is 35.6 Å². The van der Waals surface area contributed by atoms with Gasteiger partial charge < -0.3 is 19.5 Å². The van der Waals surface area contributed by atoms with Gasteiger partial charge in [0.15, 0.2) is 5.75 Å². The van der Waals surface area contributed by atoms with Crippen LogP contribution in [-0.4, -0.2) is 26.3 Å². The largest absolute Gasteiger partial charge is 0.497 e. The van der Waals surface area contributed by atoms with E-state index >= 15 is 0 Å². The van der Waals surface area contributed by atoms with Crippen molar-refractivity contribution in [2.45, 2.75) is 18.4 Å². The molecule has 0 bridgehead atoms. The molecule has 0 fully saturated rings. The lowest BCUT2D eigenvalue weighted by Crippen LogP contribution is -2.29. The van der Waals surface area contributed by atoms with Crippen LogP contribution < -0.4 is 19.5 Å². The molecule has 1 aliphatic heterocycles. The number of ether oxygens (including phenoxy) is 3. The molecule has 0 saturated carbocycles. The Morgan fingerprint density at radius 3 is 2.54 bits per heavy atom. The normalized spacial score (nSPS) is 22.0. The molecule has 7 nitrogen and oxygen atoms in total. The Labute approximate surface area is 163 Å². The second kappa shape index (κ2) is 7.07. The molecule has 1 N–H and O–H groups in total. The molecule has 2 aromatic carbocycles. The van der Waals surface area contributed by atoms with Crippen LogP contribution in [0.4, 0.5) is 11.4 Å². The summed E-state index contributed by atoms with van der Waals surface area (Å²) in [5.74, 6) is 2.13. The lowest BCUT2D eigenvalue weighted by atomic mass is 9.76. The number of nitrogens with one attached hydrogen (secondary N) is 1. The third kappa shape index (κ3) is 2.83. The van der Waals surface area contributed by atoms with E-state index in [1.54, 1.807) is 26.4 Å². The molecule has 4 rings (SSSR count). The van der Waals surface area contributed by atoms with E-state index in [0.717, 1.165) is 29.0 Å². The highest BCUT2D eigenvalue weighted by Gasteiger charge is 2.40. The van der Waals surface area contributed by atoms with Gasteiger partial charge in [-0.15, -0.1) is 0 Å². The average Bonchev–Trinajstić information content (AvgIpc) is 3.22. The Morgan fingerprint density at radius 1 is 1.07 bits per heavy atom. The summed E-state index contributed by atoms with van der Waals surface area (Å²) < 4.78 is 16.2. The van der Waals surface area contributed by atoms with Crippen LogP contribution in [0.3, 0.4) is 0 Å². The smallest absolute Gasteiger partial charge is 0.311 e. The van der Waals surface area contributed by atoms with Crippen LogP contribution in [0.25, 0.3) is 0 Å². The molecule has 0 saturated heterocycles. The minimum Gasteiger partial charge on any atom is -0.497 e. The van der Waals surface area contributed by atoms with Crippen molar-refractivity contribution in [3.63, 3.8) is 0 Å². The summed E-state index contributed by atoms with van der Waals surface area (Å²) in [6, 6.07) is 8.95. The Hall–Kier alpha value is -3.22. The van der Waals surface area contributed by atoms with Crippen LogP contribution in [0.5, 0.6) is 17.2 Å². The molecule has 7 heteroatoms. The zero-order chi connectivity index (χ0) is 19.8. The van der Waals surface area contributed by atoms with E-state index in [0.29, 0.717) is 5.75 Å². The van der Waals surface area contributed by atoms with Crippen LogP contribution in [0, 0.1) is 16.0 Å². The maximum atomic E-state index is 11.5. The lowest BCUT2D eigenvalue weighted by molar-refractivity contribution is -0.385. The predicted molar refractivity (Wildman–Crippen MR) is 106 cm³/mol. The number of nitro benzene ring substituents is 1. The van der Waals surface area contributed by atoms with Gasteiger partial charge in [0.2, 0.25) is 0 Å². The second-order valence-electron chi connectivity index (χ2n) is 6.96. The standard InChI is InChI=1S/C21H22N2O5/c1-26-13-10-16-14-5-4-6-15(14)20(22-21(16)19(11-13)28-3)12-7-8-18(27-2)17(9-12)23(24)25/h4-5,7-11,14-15,20,22H,6H2,1-3H3/t14-,15+,20-/m0/s1. The fourth-order valence-corrected chi connectivity index (χ4v) is 4.29. The number of hydrogen-bond donors (Lipinski definition) is 1. The monoisotopic (exact) mass is 382 g/mol. The van der Waals surface area contributed by atoms with Gasteiger partial charge in [-0.1, -0.05) is 18.2 Å². The molecule has 146 valence electrons. The van der Waals surface area contributed by atoms with E-state index < -0.39 is 4.92 Å². The first-order valence-electron chi connectivity index (χ1n) is 9.08.